The van der Waals surface area contributed by atoms with Gasteiger partial charge in [-0.3, -0.25) is 19.5 Å². The van der Waals surface area contributed by atoms with Crippen LogP contribution in [0.3, 0.4) is 0 Å². The fourth-order valence-corrected chi connectivity index (χ4v) is 3.30. The Labute approximate surface area is 153 Å². The Hall–Kier alpha value is -2.87. The van der Waals surface area contributed by atoms with Gasteiger partial charge in [0.25, 0.3) is 5.56 Å². The van der Waals surface area contributed by atoms with Crippen LogP contribution in [0.25, 0.3) is 10.9 Å². The standard InChI is InChI=1S/C18H17N3O4S/c1-12-7-8-14-13(11-12)17(22)20(2)18(19-14)26-10-9-25-16-6-4-3-5-15(16)21(23)24/h3-8,11H,9-10H2,1-2H3. The van der Waals surface area contributed by atoms with Crippen molar-refractivity contribution in [1.82, 2.24) is 9.55 Å². The van der Waals surface area contributed by atoms with Crippen molar-refractivity contribution in [2.45, 2.75) is 12.1 Å². The zero-order valence-electron chi connectivity index (χ0n) is 14.3. The Morgan fingerprint density at radius 2 is 2.04 bits per heavy atom. The van der Waals surface area contributed by atoms with E-state index in [0.29, 0.717) is 21.8 Å². The van der Waals surface area contributed by atoms with E-state index in [1.165, 1.54) is 22.4 Å². The van der Waals surface area contributed by atoms with Crippen molar-refractivity contribution < 1.29 is 9.66 Å². The van der Waals surface area contributed by atoms with Crippen LogP contribution in [0.15, 0.2) is 52.4 Å². The molecule has 3 aromatic rings. The van der Waals surface area contributed by atoms with Crippen molar-refractivity contribution in [2.24, 2.45) is 7.05 Å². The largest absolute Gasteiger partial charge is 0.486 e. The molecular weight excluding hydrogens is 354 g/mol. The minimum absolute atomic E-state index is 0.0656. The Bertz CT molecular complexity index is 1030. The maximum atomic E-state index is 12.5. The number of nitrogens with zero attached hydrogens (tertiary/aromatic N) is 3. The van der Waals surface area contributed by atoms with Crippen LogP contribution in [0.4, 0.5) is 5.69 Å². The molecule has 0 bridgehead atoms. The van der Waals surface area contributed by atoms with E-state index in [9.17, 15) is 14.9 Å². The highest BCUT2D eigenvalue weighted by Crippen LogP contribution is 2.26. The van der Waals surface area contributed by atoms with Gasteiger partial charge in [0, 0.05) is 18.9 Å². The van der Waals surface area contributed by atoms with Gasteiger partial charge < -0.3 is 4.74 Å². The molecule has 8 heteroatoms. The van der Waals surface area contributed by atoms with Crippen LogP contribution in [-0.4, -0.2) is 26.8 Å². The molecule has 0 aliphatic heterocycles. The molecule has 134 valence electrons. The first-order valence-corrected chi connectivity index (χ1v) is 8.92. The predicted octanol–water partition coefficient (Wildman–Crippen LogP) is 3.32. The van der Waals surface area contributed by atoms with Crippen LogP contribution in [0.5, 0.6) is 5.75 Å². The third-order valence-corrected chi connectivity index (χ3v) is 4.82. The first-order valence-electron chi connectivity index (χ1n) is 7.94. The summed E-state index contributed by atoms with van der Waals surface area (Å²) < 4.78 is 7.03. The number of ether oxygens (including phenoxy) is 1. The van der Waals surface area contributed by atoms with E-state index in [1.54, 1.807) is 25.2 Å². The number of rotatable bonds is 6. The number of benzene rings is 2. The molecule has 0 aliphatic rings. The molecule has 0 amide bonds. The lowest BCUT2D eigenvalue weighted by atomic mass is 10.2. The molecule has 0 fully saturated rings. The summed E-state index contributed by atoms with van der Waals surface area (Å²) in [5.74, 6) is 0.734. The lowest BCUT2D eigenvalue weighted by Crippen LogP contribution is -2.20. The monoisotopic (exact) mass is 371 g/mol. The number of hydrogen-bond donors (Lipinski definition) is 0. The molecule has 0 saturated carbocycles. The van der Waals surface area contributed by atoms with E-state index in [-0.39, 0.29) is 23.6 Å². The number of thioether (sulfide) groups is 1. The second kappa shape index (κ2) is 7.57. The lowest BCUT2D eigenvalue weighted by molar-refractivity contribution is -0.385. The highest BCUT2D eigenvalue weighted by Gasteiger charge is 2.14. The van der Waals surface area contributed by atoms with Crippen LogP contribution in [0, 0.1) is 17.0 Å². The summed E-state index contributed by atoms with van der Waals surface area (Å²) in [6, 6.07) is 11.8. The van der Waals surface area contributed by atoms with E-state index < -0.39 is 4.92 Å². The molecule has 0 N–H and O–H groups in total. The number of aryl methyl sites for hydroxylation is 1. The molecule has 0 unspecified atom stereocenters. The minimum atomic E-state index is -0.473. The van der Waals surface area contributed by atoms with Gasteiger partial charge in [-0.25, -0.2) is 4.98 Å². The maximum absolute atomic E-state index is 12.5. The number of hydrogen-bond acceptors (Lipinski definition) is 6. The Balaban J connectivity index is 1.71. The quantitative estimate of drug-likeness (QED) is 0.217. The van der Waals surface area contributed by atoms with Gasteiger partial charge in [0.05, 0.1) is 22.4 Å². The summed E-state index contributed by atoms with van der Waals surface area (Å²) in [6.45, 7) is 2.19. The molecule has 1 aromatic heterocycles. The summed E-state index contributed by atoms with van der Waals surface area (Å²) in [4.78, 5) is 27.5. The lowest BCUT2D eigenvalue weighted by Gasteiger charge is -2.10. The SMILES string of the molecule is Cc1ccc2nc(SCCOc3ccccc3[N+](=O)[O-])n(C)c(=O)c2c1. The molecule has 0 aliphatic carbocycles. The third-order valence-electron chi connectivity index (χ3n) is 3.82. The normalized spacial score (nSPS) is 10.8. The van der Waals surface area contributed by atoms with Gasteiger partial charge in [-0.2, -0.15) is 0 Å². The predicted molar refractivity (Wildman–Crippen MR) is 101 cm³/mol. The Morgan fingerprint density at radius 1 is 1.27 bits per heavy atom. The average Bonchev–Trinajstić information content (AvgIpc) is 2.63. The number of nitro benzene ring substituents is 1. The molecule has 0 saturated heterocycles. The molecule has 26 heavy (non-hydrogen) atoms. The smallest absolute Gasteiger partial charge is 0.310 e. The van der Waals surface area contributed by atoms with Crippen molar-refractivity contribution in [3.05, 3.63) is 68.5 Å². The van der Waals surface area contributed by atoms with Gasteiger partial charge in [-0.1, -0.05) is 35.5 Å². The highest BCUT2D eigenvalue weighted by molar-refractivity contribution is 7.99. The van der Waals surface area contributed by atoms with Gasteiger partial charge in [0.2, 0.25) is 0 Å². The summed E-state index contributed by atoms with van der Waals surface area (Å²) in [5, 5.41) is 12.2. The van der Waals surface area contributed by atoms with Crippen molar-refractivity contribution >= 4 is 28.4 Å². The molecule has 7 nitrogen and oxygen atoms in total. The third kappa shape index (κ3) is 3.70. The topological polar surface area (TPSA) is 87.3 Å². The minimum Gasteiger partial charge on any atom is -0.486 e. The second-order valence-electron chi connectivity index (χ2n) is 5.70. The van der Waals surface area contributed by atoms with E-state index in [0.717, 1.165) is 5.56 Å². The zero-order valence-corrected chi connectivity index (χ0v) is 15.2. The van der Waals surface area contributed by atoms with Crippen molar-refractivity contribution in [3.8, 4) is 5.75 Å². The molecule has 3 rings (SSSR count). The van der Waals surface area contributed by atoms with Gasteiger partial charge in [0.1, 0.15) is 0 Å². The summed E-state index contributed by atoms with van der Waals surface area (Å²) >= 11 is 1.37. The van der Waals surface area contributed by atoms with E-state index in [1.807, 2.05) is 25.1 Å². The van der Waals surface area contributed by atoms with Crippen LogP contribution < -0.4 is 10.3 Å². The van der Waals surface area contributed by atoms with Crippen molar-refractivity contribution in [2.75, 3.05) is 12.4 Å². The van der Waals surface area contributed by atoms with Crippen molar-refractivity contribution in [3.63, 3.8) is 0 Å². The van der Waals surface area contributed by atoms with E-state index >= 15 is 0 Å². The van der Waals surface area contributed by atoms with Gasteiger partial charge >= 0.3 is 5.69 Å². The number of nitro groups is 1. The van der Waals surface area contributed by atoms with Crippen LogP contribution in [-0.2, 0) is 7.05 Å². The van der Waals surface area contributed by atoms with Crippen LogP contribution >= 0.6 is 11.8 Å². The Kier molecular flexibility index (Phi) is 5.22. The van der Waals surface area contributed by atoms with Gasteiger partial charge in [-0.15, -0.1) is 0 Å². The highest BCUT2D eigenvalue weighted by atomic mass is 32.2. The number of aromatic nitrogens is 2. The van der Waals surface area contributed by atoms with Crippen LogP contribution in [0.2, 0.25) is 0 Å². The average molecular weight is 371 g/mol. The molecule has 1 heterocycles. The maximum Gasteiger partial charge on any atom is 0.310 e. The van der Waals surface area contributed by atoms with Crippen LogP contribution in [0.1, 0.15) is 5.56 Å². The first-order chi connectivity index (χ1) is 12.5. The molecular formula is C18H17N3O4S. The van der Waals surface area contributed by atoms with E-state index in [4.69, 9.17) is 4.74 Å². The fraction of sp³-hybridized carbons (Fsp3) is 0.222. The van der Waals surface area contributed by atoms with Gasteiger partial charge in [-0.05, 0) is 25.1 Å². The molecule has 0 radical (unpaired) electrons. The molecule has 0 atom stereocenters. The number of fused-ring (bicyclic) bond motifs is 1. The van der Waals surface area contributed by atoms with E-state index in [2.05, 4.69) is 4.98 Å². The first kappa shape index (κ1) is 17.9. The fourth-order valence-electron chi connectivity index (χ4n) is 2.51. The summed E-state index contributed by atoms with van der Waals surface area (Å²) in [6.07, 6.45) is 0. The zero-order chi connectivity index (χ0) is 18.7. The summed E-state index contributed by atoms with van der Waals surface area (Å²) in [7, 11) is 1.68. The summed E-state index contributed by atoms with van der Waals surface area (Å²) in [5.41, 5.74) is 1.50. The number of para-hydroxylation sites is 2. The second-order valence-corrected chi connectivity index (χ2v) is 6.76. The molecule has 2 aromatic carbocycles. The van der Waals surface area contributed by atoms with Gasteiger partial charge in [0.15, 0.2) is 10.9 Å². The molecule has 0 spiro atoms. The Morgan fingerprint density at radius 3 is 2.81 bits per heavy atom. The van der Waals surface area contributed by atoms with Crippen molar-refractivity contribution in [1.29, 1.82) is 0 Å².